The maximum absolute atomic E-state index is 12.5. The molecule has 0 fully saturated rings. The molecule has 2 N–H and O–H groups in total. The highest BCUT2D eigenvalue weighted by Gasteiger charge is 2.30. The Morgan fingerprint density at radius 1 is 1.17 bits per heavy atom. The molecule has 1 aliphatic carbocycles. The summed E-state index contributed by atoms with van der Waals surface area (Å²) in [5, 5.41) is 0. The summed E-state index contributed by atoms with van der Waals surface area (Å²) in [6.07, 6.45) is 2.97. The molecule has 1 amide bonds. The highest BCUT2D eigenvalue weighted by molar-refractivity contribution is 7.89. The summed E-state index contributed by atoms with van der Waals surface area (Å²) >= 11 is 1.42. The fraction of sp³-hybridized carbons (Fsp3) is 0.429. The number of hydrogen-bond acceptors (Lipinski definition) is 5. The molecular weight excluding hydrogens is 408 g/mol. The van der Waals surface area contributed by atoms with Gasteiger partial charge in [-0.2, -0.15) is 0 Å². The first-order valence-electron chi connectivity index (χ1n) is 9.52. The highest BCUT2D eigenvalue weighted by Crippen LogP contribution is 2.40. The molecule has 1 aromatic carbocycles. The Hall–Kier alpha value is -2.03. The lowest BCUT2D eigenvalue weighted by atomic mass is 9.72. The minimum absolute atomic E-state index is 0.0796. The SMILES string of the molecule is CC(=O)c1cccc(S(=O)(=O)NNC(=O)c2cc3c(s2)CCC(C(C)(C)C)C3)c1. The second-order valence-electron chi connectivity index (χ2n) is 8.51. The number of ketones is 1. The molecule has 1 heterocycles. The van der Waals surface area contributed by atoms with E-state index in [1.807, 2.05) is 6.07 Å². The summed E-state index contributed by atoms with van der Waals surface area (Å²) in [5.74, 6) is -0.153. The predicted molar refractivity (Wildman–Crippen MR) is 114 cm³/mol. The Morgan fingerprint density at radius 2 is 1.90 bits per heavy atom. The van der Waals surface area contributed by atoms with Crippen molar-refractivity contribution in [2.24, 2.45) is 11.3 Å². The number of hydrogen-bond donors (Lipinski definition) is 2. The Labute approximate surface area is 175 Å². The lowest BCUT2D eigenvalue weighted by Gasteiger charge is -2.33. The molecule has 6 nitrogen and oxygen atoms in total. The van der Waals surface area contributed by atoms with Crippen LogP contribution in [0.3, 0.4) is 0 Å². The van der Waals surface area contributed by atoms with E-state index in [0.717, 1.165) is 19.3 Å². The van der Waals surface area contributed by atoms with Crippen LogP contribution in [-0.2, 0) is 22.9 Å². The van der Waals surface area contributed by atoms with Crippen molar-refractivity contribution in [2.45, 2.75) is 51.9 Å². The van der Waals surface area contributed by atoms with E-state index in [1.165, 1.54) is 46.9 Å². The average Bonchev–Trinajstić information content (AvgIpc) is 3.09. The molecule has 29 heavy (non-hydrogen) atoms. The van der Waals surface area contributed by atoms with E-state index in [-0.39, 0.29) is 16.1 Å². The number of hydrazine groups is 1. The van der Waals surface area contributed by atoms with Crippen molar-refractivity contribution in [3.8, 4) is 0 Å². The Bertz CT molecular complexity index is 1050. The molecule has 8 heteroatoms. The van der Waals surface area contributed by atoms with Crippen LogP contribution < -0.4 is 10.3 Å². The van der Waals surface area contributed by atoms with E-state index in [2.05, 4.69) is 31.0 Å². The molecular formula is C21H26N2O4S2. The van der Waals surface area contributed by atoms with Gasteiger partial charge in [0.25, 0.3) is 15.9 Å². The van der Waals surface area contributed by atoms with Crippen LogP contribution in [0.1, 0.15) is 64.6 Å². The van der Waals surface area contributed by atoms with Gasteiger partial charge in [-0.05, 0) is 61.3 Å². The maximum Gasteiger partial charge on any atom is 0.276 e. The number of aryl methyl sites for hydroxylation is 1. The largest absolute Gasteiger partial charge is 0.295 e. The number of fused-ring (bicyclic) bond motifs is 1. The Balaban J connectivity index is 1.70. The van der Waals surface area contributed by atoms with Crippen LogP contribution >= 0.6 is 11.3 Å². The van der Waals surface area contributed by atoms with Gasteiger partial charge in [-0.1, -0.05) is 32.9 Å². The van der Waals surface area contributed by atoms with Crippen LogP contribution in [0.25, 0.3) is 0 Å². The zero-order valence-electron chi connectivity index (χ0n) is 17.0. The van der Waals surface area contributed by atoms with E-state index < -0.39 is 15.9 Å². The average molecular weight is 435 g/mol. The standard InChI is InChI=1S/C21H26N2O4S2/c1-13(24)14-6-5-7-17(11-14)29(26,27)23-22-20(25)19-12-15-10-16(21(2,3)4)8-9-18(15)28-19/h5-7,11-12,16,23H,8-10H2,1-4H3,(H,22,25). The van der Waals surface area contributed by atoms with E-state index in [4.69, 9.17) is 0 Å². The molecule has 1 atom stereocenters. The molecule has 0 saturated carbocycles. The van der Waals surface area contributed by atoms with Crippen LogP contribution in [0.15, 0.2) is 35.2 Å². The summed E-state index contributed by atoms with van der Waals surface area (Å²) in [7, 11) is -3.98. The van der Waals surface area contributed by atoms with Crippen LogP contribution in [0.2, 0.25) is 0 Å². The van der Waals surface area contributed by atoms with Crippen LogP contribution in [-0.4, -0.2) is 20.1 Å². The van der Waals surface area contributed by atoms with Crippen LogP contribution in [0.4, 0.5) is 0 Å². The predicted octanol–water partition coefficient (Wildman–Crippen LogP) is 3.73. The van der Waals surface area contributed by atoms with E-state index in [9.17, 15) is 18.0 Å². The third-order valence-corrected chi connectivity index (χ3v) is 7.86. The van der Waals surface area contributed by atoms with Gasteiger partial charge in [-0.3, -0.25) is 15.0 Å². The molecule has 2 aromatic rings. The summed E-state index contributed by atoms with van der Waals surface area (Å²) in [6.45, 7) is 8.07. The van der Waals surface area contributed by atoms with Gasteiger partial charge in [0.1, 0.15) is 0 Å². The molecule has 0 saturated heterocycles. The fourth-order valence-corrected chi connectivity index (χ4v) is 5.48. The summed E-state index contributed by atoms with van der Waals surface area (Å²) in [6, 6.07) is 7.57. The Kier molecular flexibility index (Phi) is 5.98. The van der Waals surface area contributed by atoms with E-state index in [0.29, 0.717) is 16.4 Å². The normalized spacial score (nSPS) is 16.9. The van der Waals surface area contributed by atoms with Gasteiger partial charge >= 0.3 is 0 Å². The third-order valence-electron chi connectivity index (χ3n) is 5.38. The van der Waals surface area contributed by atoms with Gasteiger partial charge in [0.15, 0.2) is 5.78 Å². The summed E-state index contributed by atoms with van der Waals surface area (Å²) < 4.78 is 24.9. The number of carbonyl (C=O) groups excluding carboxylic acids is 2. The number of amides is 1. The molecule has 0 aliphatic heterocycles. The molecule has 0 bridgehead atoms. The maximum atomic E-state index is 12.5. The lowest BCUT2D eigenvalue weighted by molar-refractivity contribution is 0.0948. The van der Waals surface area contributed by atoms with Crippen molar-refractivity contribution in [1.29, 1.82) is 0 Å². The van der Waals surface area contributed by atoms with Gasteiger partial charge in [-0.25, -0.2) is 8.42 Å². The van der Waals surface area contributed by atoms with Gasteiger partial charge in [0.2, 0.25) is 0 Å². The summed E-state index contributed by atoms with van der Waals surface area (Å²) in [5.41, 5.74) is 3.97. The number of sulfonamides is 1. The van der Waals surface area contributed by atoms with E-state index in [1.54, 1.807) is 6.07 Å². The number of carbonyl (C=O) groups is 2. The molecule has 1 unspecified atom stereocenters. The van der Waals surface area contributed by atoms with Crippen molar-refractivity contribution in [2.75, 3.05) is 0 Å². The smallest absolute Gasteiger partial charge is 0.276 e. The molecule has 0 radical (unpaired) electrons. The van der Waals surface area contributed by atoms with Crippen molar-refractivity contribution in [1.82, 2.24) is 10.3 Å². The van der Waals surface area contributed by atoms with Crippen molar-refractivity contribution >= 4 is 33.1 Å². The first-order valence-corrected chi connectivity index (χ1v) is 11.8. The molecule has 3 rings (SSSR count). The monoisotopic (exact) mass is 434 g/mol. The number of thiophene rings is 1. The highest BCUT2D eigenvalue weighted by atomic mass is 32.2. The summed E-state index contributed by atoms with van der Waals surface area (Å²) in [4.78, 5) is 27.7. The first-order chi connectivity index (χ1) is 13.5. The molecule has 1 aliphatic rings. The fourth-order valence-electron chi connectivity index (χ4n) is 3.49. The number of rotatable bonds is 5. The topological polar surface area (TPSA) is 92.3 Å². The van der Waals surface area contributed by atoms with Gasteiger partial charge in [0, 0.05) is 10.4 Å². The number of Topliss-reactive ketones (excluding diaryl/α,β-unsaturated/α-hetero) is 1. The Morgan fingerprint density at radius 3 is 2.55 bits per heavy atom. The molecule has 0 spiro atoms. The quantitative estimate of drug-likeness (QED) is 0.554. The van der Waals surface area contributed by atoms with Gasteiger partial charge in [-0.15, -0.1) is 16.2 Å². The third kappa shape index (κ3) is 4.94. The number of nitrogens with one attached hydrogen (secondary N) is 2. The first kappa shape index (κ1) is 21.7. The molecule has 1 aromatic heterocycles. The minimum atomic E-state index is -3.98. The van der Waals surface area contributed by atoms with Crippen molar-refractivity contribution in [3.05, 3.63) is 51.2 Å². The minimum Gasteiger partial charge on any atom is -0.295 e. The number of benzene rings is 1. The lowest BCUT2D eigenvalue weighted by Crippen LogP contribution is -2.41. The second-order valence-corrected chi connectivity index (χ2v) is 11.3. The zero-order chi connectivity index (χ0) is 21.4. The van der Waals surface area contributed by atoms with Crippen molar-refractivity contribution < 1.29 is 18.0 Å². The zero-order valence-corrected chi connectivity index (χ0v) is 18.7. The van der Waals surface area contributed by atoms with E-state index >= 15 is 0 Å². The van der Waals surface area contributed by atoms with Gasteiger partial charge < -0.3 is 0 Å². The van der Waals surface area contributed by atoms with Gasteiger partial charge in [0.05, 0.1) is 9.77 Å². The van der Waals surface area contributed by atoms with Crippen molar-refractivity contribution in [3.63, 3.8) is 0 Å². The second kappa shape index (κ2) is 8.01. The van der Waals surface area contributed by atoms with Crippen LogP contribution in [0, 0.1) is 11.3 Å². The van der Waals surface area contributed by atoms with Crippen LogP contribution in [0.5, 0.6) is 0 Å². The molecule has 156 valence electrons.